The smallest absolute Gasteiger partial charge is 0.253 e. The van der Waals surface area contributed by atoms with E-state index in [9.17, 15) is 18.8 Å². The van der Waals surface area contributed by atoms with Crippen LogP contribution >= 0.6 is 0 Å². The number of carbonyl (C=O) groups is 3. The summed E-state index contributed by atoms with van der Waals surface area (Å²) in [6.07, 6.45) is 2.95. The van der Waals surface area contributed by atoms with Crippen LogP contribution < -0.4 is 5.32 Å². The molecule has 30 heavy (non-hydrogen) atoms. The Morgan fingerprint density at radius 2 is 1.93 bits per heavy atom. The van der Waals surface area contributed by atoms with Crippen molar-refractivity contribution in [2.75, 3.05) is 33.4 Å². The van der Waals surface area contributed by atoms with Gasteiger partial charge in [-0.2, -0.15) is 0 Å². The Morgan fingerprint density at radius 1 is 1.20 bits per heavy atom. The third-order valence-electron chi connectivity index (χ3n) is 6.59. The van der Waals surface area contributed by atoms with Crippen LogP contribution in [0.1, 0.15) is 36.0 Å². The summed E-state index contributed by atoms with van der Waals surface area (Å²) < 4.78 is 18.3. The number of halogens is 1. The number of nitrogens with zero attached hydrogens (tertiary/aromatic N) is 2. The number of hydrogen-bond acceptors (Lipinski definition) is 4. The first-order chi connectivity index (χ1) is 14.5. The number of nitrogens with one attached hydrogen (secondary N) is 1. The molecular weight excluding hydrogens is 389 g/mol. The van der Waals surface area contributed by atoms with Crippen LogP contribution in [0, 0.1) is 17.7 Å². The lowest BCUT2D eigenvalue weighted by Gasteiger charge is -2.55. The highest BCUT2D eigenvalue weighted by molar-refractivity contribution is 5.94. The standard InChI is InChI=1S/C22H28FN3O4/c1-30-10-9-24-21(28)20-16-11-15(18-3-2-4-19(27)26(18)20)12-25(13-16)22(29)14-5-7-17(23)8-6-14/h5-8,15-16,18,20H,2-4,9-13H2,1H3,(H,24,28)/t15-,16+,18-,20+/m0/s1. The number of amides is 3. The highest BCUT2D eigenvalue weighted by atomic mass is 19.1. The molecule has 0 aliphatic carbocycles. The summed E-state index contributed by atoms with van der Waals surface area (Å²) in [6, 6.07) is 4.96. The minimum Gasteiger partial charge on any atom is -0.383 e. The van der Waals surface area contributed by atoms with E-state index in [2.05, 4.69) is 5.32 Å². The zero-order valence-corrected chi connectivity index (χ0v) is 17.2. The van der Waals surface area contributed by atoms with Crippen LogP contribution in [0.4, 0.5) is 4.39 Å². The number of methoxy groups -OCH3 is 1. The quantitative estimate of drug-likeness (QED) is 0.736. The molecule has 3 aliphatic heterocycles. The molecule has 4 rings (SSSR count). The molecule has 3 amide bonds. The van der Waals surface area contributed by atoms with Crippen LogP contribution in [-0.4, -0.2) is 73.0 Å². The molecule has 0 aromatic heterocycles. The Balaban J connectivity index is 1.57. The maximum atomic E-state index is 13.3. The van der Waals surface area contributed by atoms with Gasteiger partial charge in [0.25, 0.3) is 5.91 Å². The van der Waals surface area contributed by atoms with Crippen LogP contribution in [0.2, 0.25) is 0 Å². The van der Waals surface area contributed by atoms with Gasteiger partial charge in [0.2, 0.25) is 11.8 Å². The van der Waals surface area contributed by atoms with Crippen molar-refractivity contribution in [1.82, 2.24) is 15.1 Å². The van der Waals surface area contributed by atoms with Crippen LogP contribution in [0.15, 0.2) is 24.3 Å². The van der Waals surface area contributed by atoms with Gasteiger partial charge in [-0.3, -0.25) is 14.4 Å². The van der Waals surface area contributed by atoms with Gasteiger partial charge in [-0.25, -0.2) is 4.39 Å². The Kier molecular flexibility index (Phi) is 6.04. The molecular formula is C22H28FN3O4. The van der Waals surface area contributed by atoms with E-state index < -0.39 is 6.04 Å². The second-order valence-electron chi connectivity index (χ2n) is 8.46. The fourth-order valence-corrected chi connectivity index (χ4v) is 5.32. The van der Waals surface area contributed by atoms with E-state index >= 15 is 0 Å². The molecule has 3 aliphatic rings. The topological polar surface area (TPSA) is 79.0 Å². The summed E-state index contributed by atoms with van der Waals surface area (Å²) >= 11 is 0. The number of carbonyl (C=O) groups excluding carboxylic acids is 3. The van der Waals surface area contributed by atoms with Crippen LogP contribution in [0.5, 0.6) is 0 Å². The fourth-order valence-electron chi connectivity index (χ4n) is 5.32. The Labute approximate surface area is 175 Å². The molecule has 162 valence electrons. The average molecular weight is 417 g/mol. The number of piperidine rings is 3. The van der Waals surface area contributed by atoms with E-state index in [1.807, 2.05) is 4.90 Å². The maximum Gasteiger partial charge on any atom is 0.253 e. The summed E-state index contributed by atoms with van der Waals surface area (Å²) in [7, 11) is 1.57. The van der Waals surface area contributed by atoms with Crippen molar-refractivity contribution in [2.45, 2.75) is 37.8 Å². The highest BCUT2D eigenvalue weighted by Crippen LogP contribution is 2.42. The maximum absolute atomic E-state index is 13.3. The van der Waals surface area contributed by atoms with Gasteiger partial charge in [-0.05, 0) is 49.4 Å². The van der Waals surface area contributed by atoms with Gasteiger partial charge in [-0.15, -0.1) is 0 Å². The molecule has 0 radical (unpaired) electrons. The molecule has 2 bridgehead atoms. The predicted molar refractivity (Wildman–Crippen MR) is 107 cm³/mol. The molecule has 3 heterocycles. The van der Waals surface area contributed by atoms with Crippen molar-refractivity contribution < 1.29 is 23.5 Å². The number of ether oxygens (including phenoxy) is 1. The molecule has 1 aromatic rings. The summed E-state index contributed by atoms with van der Waals surface area (Å²) in [6.45, 7) is 1.75. The van der Waals surface area contributed by atoms with Crippen molar-refractivity contribution in [1.29, 1.82) is 0 Å². The minimum absolute atomic E-state index is 0.0236. The Hall–Kier alpha value is -2.48. The lowest BCUT2D eigenvalue weighted by atomic mass is 9.71. The normalized spacial score (nSPS) is 28.1. The van der Waals surface area contributed by atoms with Crippen molar-refractivity contribution in [3.05, 3.63) is 35.6 Å². The number of benzene rings is 1. The number of likely N-dealkylation sites (tertiary alicyclic amines) is 1. The first-order valence-electron chi connectivity index (χ1n) is 10.6. The highest BCUT2D eigenvalue weighted by Gasteiger charge is 2.52. The van der Waals surface area contributed by atoms with E-state index in [-0.39, 0.29) is 41.4 Å². The molecule has 0 spiro atoms. The molecule has 3 saturated heterocycles. The van der Waals surface area contributed by atoms with Crippen LogP contribution in [-0.2, 0) is 14.3 Å². The van der Waals surface area contributed by atoms with E-state index in [4.69, 9.17) is 4.74 Å². The molecule has 8 heteroatoms. The molecule has 0 saturated carbocycles. The second-order valence-corrected chi connectivity index (χ2v) is 8.46. The van der Waals surface area contributed by atoms with E-state index in [0.29, 0.717) is 38.2 Å². The van der Waals surface area contributed by atoms with Gasteiger partial charge in [0.05, 0.1) is 6.61 Å². The molecule has 0 unspecified atom stereocenters. The Bertz CT molecular complexity index is 815. The molecule has 1 aromatic carbocycles. The van der Waals surface area contributed by atoms with E-state index in [1.54, 1.807) is 12.0 Å². The van der Waals surface area contributed by atoms with Crippen molar-refractivity contribution in [2.24, 2.45) is 11.8 Å². The lowest BCUT2D eigenvalue weighted by Crippen LogP contribution is -2.68. The zero-order valence-electron chi connectivity index (χ0n) is 17.2. The molecule has 7 nitrogen and oxygen atoms in total. The largest absolute Gasteiger partial charge is 0.383 e. The predicted octanol–water partition coefficient (Wildman–Crippen LogP) is 1.43. The SMILES string of the molecule is COCCNC(=O)[C@H]1[C@@H]2C[C@@H](CN(C(=O)c3ccc(F)cc3)C2)[C@@H]2CCCC(=O)N21. The van der Waals surface area contributed by atoms with Gasteiger partial charge < -0.3 is 19.9 Å². The second kappa shape index (κ2) is 8.71. The van der Waals surface area contributed by atoms with Gasteiger partial charge in [0, 0.05) is 50.7 Å². The average Bonchev–Trinajstić information content (AvgIpc) is 2.74. The summed E-state index contributed by atoms with van der Waals surface area (Å²) in [5.74, 6) is -0.641. The molecule has 4 atom stereocenters. The van der Waals surface area contributed by atoms with Crippen LogP contribution in [0.25, 0.3) is 0 Å². The zero-order chi connectivity index (χ0) is 21.3. The van der Waals surface area contributed by atoms with Crippen molar-refractivity contribution in [3.63, 3.8) is 0 Å². The lowest BCUT2D eigenvalue weighted by molar-refractivity contribution is -0.159. The van der Waals surface area contributed by atoms with Crippen LogP contribution in [0.3, 0.4) is 0 Å². The molecule has 1 N–H and O–H groups in total. The summed E-state index contributed by atoms with van der Waals surface area (Å²) in [4.78, 5) is 42.5. The number of fused-ring (bicyclic) bond motifs is 4. The third kappa shape index (κ3) is 3.93. The third-order valence-corrected chi connectivity index (χ3v) is 6.59. The van der Waals surface area contributed by atoms with Gasteiger partial charge in [0.1, 0.15) is 11.9 Å². The number of hydrogen-bond donors (Lipinski definition) is 1. The van der Waals surface area contributed by atoms with Gasteiger partial charge in [0.15, 0.2) is 0 Å². The van der Waals surface area contributed by atoms with Crippen molar-refractivity contribution >= 4 is 17.7 Å². The summed E-state index contributed by atoms with van der Waals surface area (Å²) in [5.41, 5.74) is 0.439. The first-order valence-corrected chi connectivity index (χ1v) is 10.6. The summed E-state index contributed by atoms with van der Waals surface area (Å²) in [5, 5.41) is 2.89. The van der Waals surface area contributed by atoms with E-state index in [0.717, 1.165) is 19.3 Å². The monoisotopic (exact) mass is 417 g/mol. The van der Waals surface area contributed by atoms with Gasteiger partial charge >= 0.3 is 0 Å². The fraction of sp³-hybridized carbons (Fsp3) is 0.591. The number of rotatable bonds is 5. The van der Waals surface area contributed by atoms with Gasteiger partial charge in [-0.1, -0.05) is 0 Å². The molecule has 3 fully saturated rings. The first kappa shape index (κ1) is 20.8. The Morgan fingerprint density at radius 3 is 2.67 bits per heavy atom. The van der Waals surface area contributed by atoms with E-state index in [1.165, 1.54) is 24.3 Å². The van der Waals surface area contributed by atoms with Crippen molar-refractivity contribution in [3.8, 4) is 0 Å². The minimum atomic E-state index is -0.570.